The van der Waals surface area contributed by atoms with Gasteiger partial charge in [0.25, 0.3) is 0 Å². The molecule has 0 aromatic heterocycles. The predicted octanol–water partition coefficient (Wildman–Crippen LogP) is 2.24. The maximum Gasteiger partial charge on any atom is 0.123 e. The molecule has 0 saturated carbocycles. The van der Waals surface area contributed by atoms with E-state index in [1.54, 1.807) is 12.1 Å². The molecule has 1 nitrogen and oxygen atoms in total. The van der Waals surface area contributed by atoms with Crippen LogP contribution in [0.1, 0.15) is 24.9 Å². The molecule has 0 saturated heterocycles. The molecule has 0 aliphatic carbocycles. The van der Waals surface area contributed by atoms with Crippen LogP contribution in [-0.4, -0.2) is 0 Å². The Morgan fingerprint density at radius 1 is 1.36 bits per heavy atom. The Morgan fingerprint density at radius 2 is 1.91 bits per heavy atom. The molecule has 1 atom stereocenters. The Labute approximate surface area is 66.0 Å². The van der Waals surface area contributed by atoms with Crippen LogP contribution in [-0.2, 0) is 0 Å². The second-order valence-electron chi connectivity index (χ2n) is 2.57. The first-order valence-electron chi connectivity index (χ1n) is 3.75. The van der Waals surface area contributed by atoms with Gasteiger partial charge in [-0.3, -0.25) is 0 Å². The summed E-state index contributed by atoms with van der Waals surface area (Å²) >= 11 is 0. The van der Waals surface area contributed by atoms with E-state index in [9.17, 15) is 4.39 Å². The molecule has 1 aromatic rings. The third-order valence-corrected chi connectivity index (χ3v) is 1.74. The molecule has 0 unspecified atom stereocenters. The van der Waals surface area contributed by atoms with Crippen molar-refractivity contribution in [3.05, 3.63) is 35.6 Å². The van der Waals surface area contributed by atoms with Crippen molar-refractivity contribution in [2.75, 3.05) is 0 Å². The van der Waals surface area contributed by atoms with Gasteiger partial charge in [0, 0.05) is 6.04 Å². The largest absolute Gasteiger partial charge is 0.324 e. The number of hydrogen-bond donors (Lipinski definition) is 1. The van der Waals surface area contributed by atoms with E-state index in [2.05, 4.69) is 0 Å². The van der Waals surface area contributed by atoms with Gasteiger partial charge in [0.15, 0.2) is 0 Å². The first kappa shape index (κ1) is 8.21. The fourth-order valence-corrected chi connectivity index (χ4v) is 0.946. The summed E-state index contributed by atoms with van der Waals surface area (Å²) in [4.78, 5) is 0. The fourth-order valence-electron chi connectivity index (χ4n) is 0.946. The third-order valence-electron chi connectivity index (χ3n) is 1.74. The summed E-state index contributed by atoms with van der Waals surface area (Å²) in [5.41, 5.74) is 6.72. The van der Waals surface area contributed by atoms with Crippen molar-refractivity contribution >= 4 is 0 Å². The lowest BCUT2D eigenvalue weighted by Crippen LogP contribution is -2.08. The third kappa shape index (κ3) is 2.02. The lowest BCUT2D eigenvalue weighted by Gasteiger charge is -2.07. The maximum atomic E-state index is 12.4. The highest BCUT2D eigenvalue weighted by molar-refractivity contribution is 5.19. The summed E-state index contributed by atoms with van der Waals surface area (Å²) in [7, 11) is 0. The van der Waals surface area contributed by atoms with Crippen molar-refractivity contribution < 1.29 is 4.39 Å². The van der Waals surface area contributed by atoms with Crippen molar-refractivity contribution in [3.63, 3.8) is 0 Å². The van der Waals surface area contributed by atoms with E-state index in [4.69, 9.17) is 5.73 Å². The number of benzene rings is 1. The maximum absolute atomic E-state index is 12.4. The van der Waals surface area contributed by atoms with E-state index in [1.807, 2.05) is 6.92 Å². The standard InChI is InChI=1S/C9H12FN/c1-2-9(11)7-3-5-8(10)6-4-7/h3-6,9H,2,11H2,1H3/t9-/m0/s1. The van der Waals surface area contributed by atoms with E-state index >= 15 is 0 Å². The van der Waals surface area contributed by atoms with Gasteiger partial charge in [0.05, 0.1) is 0 Å². The first-order valence-corrected chi connectivity index (χ1v) is 3.75. The van der Waals surface area contributed by atoms with Crippen LogP contribution in [0.2, 0.25) is 0 Å². The first-order chi connectivity index (χ1) is 5.24. The van der Waals surface area contributed by atoms with Gasteiger partial charge in [0.1, 0.15) is 5.82 Å². The van der Waals surface area contributed by atoms with Crippen molar-refractivity contribution in [2.45, 2.75) is 19.4 Å². The van der Waals surface area contributed by atoms with Crippen LogP contribution in [0.15, 0.2) is 24.3 Å². The molecule has 0 amide bonds. The monoisotopic (exact) mass is 153 g/mol. The molecule has 0 aliphatic rings. The van der Waals surface area contributed by atoms with E-state index in [-0.39, 0.29) is 11.9 Å². The molecule has 0 spiro atoms. The summed E-state index contributed by atoms with van der Waals surface area (Å²) in [6, 6.07) is 6.36. The molecule has 0 radical (unpaired) electrons. The Kier molecular flexibility index (Phi) is 2.60. The van der Waals surface area contributed by atoms with Crippen LogP contribution in [0.3, 0.4) is 0 Å². The van der Waals surface area contributed by atoms with Gasteiger partial charge in [-0.15, -0.1) is 0 Å². The minimum Gasteiger partial charge on any atom is -0.324 e. The second kappa shape index (κ2) is 3.49. The molecular weight excluding hydrogens is 141 g/mol. The van der Waals surface area contributed by atoms with Crippen LogP contribution < -0.4 is 5.73 Å². The number of halogens is 1. The van der Waals surface area contributed by atoms with Crippen LogP contribution in [0.25, 0.3) is 0 Å². The predicted molar refractivity (Wildman–Crippen MR) is 43.6 cm³/mol. The molecule has 2 N–H and O–H groups in total. The van der Waals surface area contributed by atoms with Gasteiger partial charge in [-0.2, -0.15) is 0 Å². The lowest BCUT2D eigenvalue weighted by atomic mass is 10.1. The summed E-state index contributed by atoms with van der Waals surface area (Å²) in [6.07, 6.45) is 0.881. The Bertz CT molecular complexity index is 218. The van der Waals surface area contributed by atoms with Gasteiger partial charge < -0.3 is 5.73 Å². The molecule has 11 heavy (non-hydrogen) atoms. The van der Waals surface area contributed by atoms with Crippen LogP contribution in [0, 0.1) is 5.82 Å². The minimum absolute atomic E-state index is 0.0376. The summed E-state index contributed by atoms with van der Waals surface area (Å²) in [6.45, 7) is 2.01. The molecule has 0 fully saturated rings. The van der Waals surface area contributed by atoms with Crippen LogP contribution in [0.5, 0.6) is 0 Å². The molecule has 1 aromatic carbocycles. The number of rotatable bonds is 2. The fraction of sp³-hybridized carbons (Fsp3) is 0.333. The summed E-state index contributed by atoms with van der Waals surface area (Å²) < 4.78 is 12.4. The van der Waals surface area contributed by atoms with Crippen molar-refractivity contribution in [1.82, 2.24) is 0 Å². The molecule has 0 heterocycles. The van der Waals surface area contributed by atoms with E-state index in [0.717, 1.165) is 12.0 Å². The Balaban J connectivity index is 2.81. The summed E-state index contributed by atoms with van der Waals surface area (Å²) in [5, 5.41) is 0. The quantitative estimate of drug-likeness (QED) is 0.692. The zero-order valence-corrected chi connectivity index (χ0v) is 6.55. The van der Waals surface area contributed by atoms with Gasteiger partial charge in [0.2, 0.25) is 0 Å². The van der Waals surface area contributed by atoms with Gasteiger partial charge in [-0.25, -0.2) is 4.39 Å². The lowest BCUT2D eigenvalue weighted by molar-refractivity contribution is 0.623. The highest BCUT2D eigenvalue weighted by Crippen LogP contribution is 2.13. The molecule has 2 heteroatoms. The van der Waals surface area contributed by atoms with Crippen molar-refractivity contribution in [2.24, 2.45) is 5.73 Å². The smallest absolute Gasteiger partial charge is 0.123 e. The highest BCUT2D eigenvalue weighted by Gasteiger charge is 2.01. The van der Waals surface area contributed by atoms with E-state index in [0.29, 0.717) is 0 Å². The topological polar surface area (TPSA) is 26.0 Å². The Morgan fingerprint density at radius 3 is 2.36 bits per heavy atom. The SMILES string of the molecule is CC[C@H](N)c1ccc(F)cc1. The molecule has 0 bridgehead atoms. The Hall–Kier alpha value is -0.890. The van der Waals surface area contributed by atoms with E-state index in [1.165, 1.54) is 12.1 Å². The molecule has 1 rings (SSSR count). The molecule has 60 valence electrons. The normalized spacial score (nSPS) is 13.0. The zero-order chi connectivity index (χ0) is 8.27. The second-order valence-corrected chi connectivity index (χ2v) is 2.57. The molecule has 0 aliphatic heterocycles. The van der Waals surface area contributed by atoms with Gasteiger partial charge >= 0.3 is 0 Å². The average molecular weight is 153 g/mol. The van der Waals surface area contributed by atoms with Crippen LogP contribution in [0.4, 0.5) is 4.39 Å². The zero-order valence-electron chi connectivity index (χ0n) is 6.55. The molecular formula is C9H12FN. The highest BCUT2D eigenvalue weighted by atomic mass is 19.1. The van der Waals surface area contributed by atoms with E-state index < -0.39 is 0 Å². The van der Waals surface area contributed by atoms with Gasteiger partial charge in [-0.05, 0) is 24.1 Å². The minimum atomic E-state index is -0.211. The average Bonchev–Trinajstić information content (AvgIpc) is 2.05. The van der Waals surface area contributed by atoms with Crippen LogP contribution >= 0.6 is 0 Å². The number of nitrogens with two attached hydrogens (primary N) is 1. The summed E-state index contributed by atoms with van der Waals surface area (Å²) in [5.74, 6) is -0.211. The van der Waals surface area contributed by atoms with Gasteiger partial charge in [-0.1, -0.05) is 19.1 Å². The van der Waals surface area contributed by atoms with Crippen molar-refractivity contribution in [3.8, 4) is 0 Å². The number of hydrogen-bond acceptors (Lipinski definition) is 1. The van der Waals surface area contributed by atoms with Crippen molar-refractivity contribution in [1.29, 1.82) is 0 Å².